The molecule has 1 unspecified atom stereocenters. The minimum absolute atomic E-state index is 0.0268. The second-order valence-corrected chi connectivity index (χ2v) is 6.25. The first-order chi connectivity index (χ1) is 9.58. The molecule has 116 valence electrons. The fourth-order valence-corrected chi connectivity index (χ4v) is 2.77. The van der Waals surface area contributed by atoms with Gasteiger partial charge in [-0.25, -0.2) is 0 Å². The van der Waals surface area contributed by atoms with Gasteiger partial charge < -0.3 is 15.0 Å². The molecule has 2 amide bonds. The molecule has 6 heteroatoms. The summed E-state index contributed by atoms with van der Waals surface area (Å²) >= 11 is 1.69. The summed E-state index contributed by atoms with van der Waals surface area (Å²) in [6, 6.07) is 0.0359. The van der Waals surface area contributed by atoms with Crippen molar-refractivity contribution in [3.63, 3.8) is 0 Å². The monoisotopic (exact) mass is 302 g/mol. The van der Waals surface area contributed by atoms with Gasteiger partial charge in [-0.15, -0.1) is 0 Å². The van der Waals surface area contributed by atoms with Crippen LogP contribution in [0.4, 0.5) is 0 Å². The number of amides is 2. The molecule has 0 spiro atoms. The summed E-state index contributed by atoms with van der Waals surface area (Å²) in [5.74, 6) is 1.20. The van der Waals surface area contributed by atoms with Gasteiger partial charge in [0, 0.05) is 44.3 Å². The van der Waals surface area contributed by atoms with Crippen molar-refractivity contribution in [2.45, 2.75) is 32.2 Å². The zero-order valence-electron chi connectivity index (χ0n) is 12.7. The largest absolute Gasteiger partial charge is 0.383 e. The van der Waals surface area contributed by atoms with Crippen LogP contribution in [0.1, 0.15) is 26.2 Å². The van der Waals surface area contributed by atoms with Crippen molar-refractivity contribution >= 4 is 23.6 Å². The lowest BCUT2D eigenvalue weighted by molar-refractivity contribution is -0.135. The van der Waals surface area contributed by atoms with E-state index in [1.165, 1.54) is 0 Å². The maximum absolute atomic E-state index is 12.1. The van der Waals surface area contributed by atoms with E-state index in [4.69, 9.17) is 4.74 Å². The SMILES string of the molecule is COCC(C)NC(=O)C1CCN(C(=O)CCSC)CC1. The zero-order valence-corrected chi connectivity index (χ0v) is 13.5. The van der Waals surface area contributed by atoms with E-state index in [0.717, 1.165) is 18.6 Å². The fourth-order valence-electron chi connectivity index (χ4n) is 2.39. The summed E-state index contributed by atoms with van der Waals surface area (Å²) in [5.41, 5.74) is 0. The molecule has 5 nitrogen and oxygen atoms in total. The number of ether oxygens (including phenoxy) is 1. The number of rotatable bonds is 7. The van der Waals surface area contributed by atoms with E-state index in [9.17, 15) is 9.59 Å². The molecule has 0 saturated carbocycles. The molecule has 1 atom stereocenters. The van der Waals surface area contributed by atoms with Crippen molar-refractivity contribution in [3.8, 4) is 0 Å². The molecule has 0 aromatic carbocycles. The first kappa shape index (κ1) is 17.3. The van der Waals surface area contributed by atoms with E-state index < -0.39 is 0 Å². The minimum atomic E-state index is 0.0268. The van der Waals surface area contributed by atoms with Gasteiger partial charge >= 0.3 is 0 Å². The average Bonchev–Trinajstić information content (AvgIpc) is 2.45. The van der Waals surface area contributed by atoms with E-state index in [1.54, 1.807) is 18.9 Å². The van der Waals surface area contributed by atoms with Crippen LogP contribution in [-0.4, -0.2) is 61.6 Å². The number of hydrogen-bond acceptors (Lipinski definition) is 4. The summed E-state index contributed by atoms with van der Waals surface area (Å²) in [6.07, 6.45) is 4.13. The van der Waals surface area contributed by atoms with Gasteiger partial charge in [0.25, 0.3) is 0 Å². The van der Waals surface area contributed by atoms with Crippen molar-refractivity contribution < 1.29 is 14.3 Å². The average molecular weight is 302 g/mol. The Bertz CT molecular complexity index is 318. The predicted octanol–water partition coefficient (Wildman–Crippen LogP) is 1.13. The van der Waals surface area contributed by atoms with E-state index in [0.29, 0.717) is 26.1 Å². The molecule has 0 aromatic rings. The summed E-state index contributed by atoms with van der Waals surface area (Å²) in [6.45, 7) is 3.86. The lowest BCUT2D eigenvalue weighted by Crippen LogP contribution is -2.45. The van der Waals surface area contributed by atoms with Crippen LogP contribution >= 0.6 is 11.8 Å². The Morgan fingerprint density at radius 3 is 2.60 bits per heavy atom. The van der Waals surface area contributed by atoms with Crippen molar-refractivity contribution in [2.75, 3.05) is 38.8 Å². The summed E-state index contributed by atoms with van der Waals surface area (Å²) in [5, 5.41) is 2.96. The van der Waals surface area contributed by atoms with E-state index >= 15 is 0 Å². The number of thioether (sulfide) groups is 1. The van der Waals surface area contributed by atoms with Crippen molar-refractivity contribution in [2.24, 2.45) is 5.92 Å². The molecule has 1 N–H and O–H groups in total. The van der Waals surface area contributed by atoms with Crippen LogP contribution in [0.3, 0.4) is 0 Å². The summed E-state index contributed by atoms with van der Waals surface area (Å²) in [7, 11) is 1.63. The molecule has 20 heavy (non-hydrogen) atoms. The third kappa shape index (κ3) is 5.71. The van der Waals surface area contributed by atoms with Gasteiger partial charge in [0.1, 0.15) is 0 Å². The molecule has 0 radical (unpaired) electrons. The maximum Gasteiger partial charge on any atom is 0.223 e. The third-order valence-corrected chi connectivity index (χ3v) is 4.16. The Kier molecular flexibility index (Phi) is 7.99. The Labute approximate surface area is 125 Å². The highest BCUT2D eigenvalue weighted by Crippen LogP contribution is 2.18. The van der Waals surface area contributed by atoms with Crippen LogP contribution in [0.15, 0.2) is 0 Å². The van der Waals surface area contributed by atoms with Gasteiger partial charge in [0.15, 0.2) is 0 Å². The molecular weight excluding hydrogens is 276 g/mol. The maximum atomic E-state index is 12.1. The molecule has 1 aliphatic heterocycles. The zero-order chi connectivity index (χ0) is 15.0. The van der Waals surface area contributed by atoms with Crippen LogP contribution in [-0.2, 0) is 14.3 Å². The standard InChI is InChI=1S/C14H26N2O3S/c1-11(10-19-2)15-14(18)12-4-7-16(8-5-12)13(17)6-9-20-3/h11-12H,4-10H2,1-3H3,(H,15,18). The molecule has 1 rings (SSSR count). The van der Waals surface area contributed by atoms with E-state index in [-0.39, 0.29) is 23.8 Å². The number of carbonyl (C=O) groups excluding carboxylic acids is 2. The van der Waals surface area contributed by atoms with Gasteiger partial charge in [0.2, 0.25) is 11.8 Å². The second kappa shape index (κ2) is 9.23. The number of nitrogens with one attached hydrogen (secondary N) is 1. The molecule has 1 fully saturated rings. The molecule has 0 aromatic heterocycles. The lowest BCUT2D eigenvalue weighted by atomic mass is 9.95. The van der Waals surface area contributed by atoms with Crippen LogP contribution < -0.4 is 5.32 Å². The third-order valence-electron chi connectivity index (χ3n) is 3.54. The summed E-state index contributed by atoms with van der Waals surface area (Å²) in [4.78, 5) is 25.8. The van der Waals surface area contributed by atoms with Crippen molar-refractivity contribution in [1.82, 2.24) is 10.2 Å². The quantitative estimate of drug-likeness (QED) is 0.766. The van der Waals surface area contributed by atoms with Gasteiger partial charge in [-0.2, -0.15) is 11.8 Å². The number of hydrogen-bond donors (Lipinski definition) is 1. The fraction of sp³-hybridized carbons (Fsp3) is 0.857. The van der Waals surface area contributed by atoms with Gasteiger partial charge in [-0.05, 0) is 26.0 Å². The number of likely N-dealkylation sites (tertiary alicyclic amines) is 1. The number of piperidine rings is 1. The molecular formula is C14H26N2O3S. The molecule has 1 saturated heterocycles. The lowest BCUT2D eigenvalue weighted by Gasteiger charge is -2.32. The van der Waals surface area contributed by atoms with Crippen LogP contribution in [0, 0.1) is 5.92 Å². The van der Waals surface area contributed by atoms with Gasteiger partial charge in [-0.3, -0.25) is 9.59 Å². The number of methoxy groups -OCH3 is 1. The predicted molar refractivity (Wildman–Crippen MR) is 81.8 cm³/mol. The smallest absolute Gasteiger partial charge is 0.223 e. The number of nitrogens with zero attached hydrogens (tertiary/aromatic N) is 1. The van der Waals surface area contributed by atoms with Gasteiger partial charge in [-0.1, -0.05) is 0 Å². The number of carbonyl (C=O) groups is 2. The molecule has 1 aliphatic rings. The van der Waals surface area contributed by atoms with Crippen molar-refractivity contribution in [3.05, 3.63) is 0 Å². The summed E-state index contributed by atoms with van der Waals surface area (Å²) < 4.78 is 5.01. The van der Waals surface area contributed by atoms with E-state index in [1.807, 2.05) is 18.1 Å². The van der Waals surface area contributed by atoms with Crippen molar-refractivity contribution in [1.29, 1.82) is 0 Å². The normalized spacial score (nSPS) is 17.9. The topological polar surface area (TPSA) is 58.6 Å². The first-order valence-corrected chi connectivity index (χ1v) is 8.54. The van der Waals surface area contributed by atoms with Crippen LogP contribution in [0.5, 0.6) is 0 Å². The molecule has 0 bridgehead atoms. The highest BCUT2D eigenvalue weighted by Gasteiger charge is 2.27. The Morgan fingerprint density at radius 2 is 2.05 bits per heavy atom. The van der Waals surface area contributed by atoms with Gasteiger partial charge in [0.05, 0.1) is 6.61 Å². The highest BCUT2D eigenvalue weighted by molar-refractivity contribution is 7.98. The van der Waals surface area contributed by atoms with Crippen LogP contribution in [0.25, 0.3) is 0 Å². The molecule has 0 aliphatic carbocycles. The minimum Gasteiger partial charge on any atom is -0.383 e. The van der Waals surface area contributed by atoms with E-state index in [2.05, 4.69) is 5.32 Å². The second-order valence-electron chi connectivity index (χ2n) is 5.26. The highest BCUT2D eigenvalue weighted by atomic mass is 32.2. The Morgan fingerprint density at radius 1 is 1.40 bits per heavy atom. The Balaban J connectivity index is 2.30. The van der Waals surface area contributed by atoms with Crippen LogP contribution in [0.2, 0.25) is 0 Å². The first-order valence-electron chi connectivity index (χ1n) is 7.14. The Hall–Kier alpha value is -0.750. The molecule has 1 heterocycles.